The summed E-state index contributed by atoms with van der Waals surface area (Å²) >= 11 is 0. The van der Waals surface area contributed by atoms with Crippen LogP contribution in [0.15, 0.2) is 125 Å². The van der Waals surface area contributed by atoms with Crippen molar-refractivity contribution in [2.75, 3.05) is 0 Å². The highest BCUT2D eigenvalue weighted by atomic mass is 31.2. The van der Waals surface area contributed by atoms with Crippen molar-refractivity contribution in [3.8, 4) is 5.75 Å². The highest BCUT2D eigenvalue weighted by Gasteiger charge is 2.74. The molecule has 12 unspecified atom stereocenters. The molecule has 0 spiro atoms. The number of allylic oxidation sites excluding steroid dienone is 6. The van der Waals surface area contributed by atoms with E-state index in [2.05, 4.69) is 86.0 Å². The molecule has 1 aromatic carbocycles. The number of phenolic OH excluding ortho intramolecular Hbond substituents is 1. The molecule has 12 aliphatic rings. The van der Waals surface area contributed by atoms with E-state index in [9.17, 15) is 5.11 Å². The summed E-state index contributed by atoms with van der Waals surface area (Å²) in [6.45, 7) is 25.4. The summed E-state index contributed by atoms with van der Waals surface area (Å²) in [4.78, 5) is 0. The molecule has 0 aliphatic heterocycles. The molecule has 258 valence electrons. The molecular formula is C48H49O2P. The van der Waals surface area contributed by atoms with Crippen LogP contribution in [0.1, 0.15) is 82.6 Å². The molecule has 0 aromatic heterocycles. The quantitative estimate of drug-likeness (QED) is 0.253. The van der Waals surface area contributed by atoms with Crippen molar-refractivity contribution in [1.29, 1.82) is 0 Å². The fourth-order valence-corrected chi connectivity index (χ4v) is 21.0. The van der Waals surface area contributed by atoms with Crippen LogP contribution in [-0.2, 0) is 9.98 Å². The van der Waals surface area contributed by atoms with Crippen molar-refractivity contribution in [2.24, 2.45) is 53.3 Å². The lowest BCUT2D eigenvalue weighted by atomic mass is 9.44. The Morgan fingerprint density at radius 2 is 1.02 bits per heavy atom. The summed E-state index contributed by atoms with van der Waals surface area (Å²) in [6.07, 6.45) is 11.8. The van der Waals surface area contributed by atoms with Crippen LogP contribution in [0.3, 0.4) is 0 Å². The van der Waals surface area contributed by atoms with Gasteiger partial charge in [0.2, 0.25) is 0 Å². The van der Waals surface area contributed by atoms with Gasteiger partial charge >= 0.3 is 0 Å². The lowest BCUT2D eigenvalue weighted by molar-refractivity contribution is 0.0947. The van der Waals surface area contributed by atoms with Crippen molar-refractivity contribution >= 4 is 12.4 Å². The van der Waals surface area contributed by atoms with Crippen LogP contribution in [-0.4, -0.2) is 15.4 Å². The zero-order chi connectivity index (χ0) is 35.2. The number of phenols is 1. The van der Waals surface area contributed by atoms with Crippen LogP contribution < -0.4 is 5.30 Å². The summed E-state index contributed by atoms with van der Waals surface area (Å²) in [5.74, 6) is 3.18. The molecule has 12 aliphatic carbocycles. The molecule has 51 heavy (non-hydrogen) atoms. The Morgan fingerprint density at radius 1 is 0.569 bits per heavy atom. The van der Waals surface area contributed by atoms with Gasteiger partial charge in [0.25, 0.3) is 0 Å². The Labute approximate surface area is 304 Å². The summed E-state index contributed by atoms with van der Waals surface area (Å²) in [7, 11) is -3.62. The van der Waals surface area contributed by atoms with E-state index in [0.29, 0.717) is 29.0 Å². The van der Waals surface area contributed by atoms with Gasteiger partial charge < -0.3 is 9.67 Å². The van der Waals surface area contributed by atoms with Crippen molar-refractivity contribution in [3.63, 3.8) is 0 Å². The largest absolute Gasteiger partial charge is 0.507 e. The van der Waals surface area contributed by atoms with Gasteiger partial charge in [0.05, 0.1) is 15.6 Å². The van der Waals surface area contributed by atoms with E-state index >= 15 is 4.57 Å². The monoisotopic (exact) mass is 688 g/mol. The van der Waals surface area contributed by atoms with Crippen LogP contribution >= 0.6 is 7.14 Å². The van der Waals surface area contributed by atoms with E-state index in [-0.39, 0.29) is 40.8 Å². The number of aromatic hydroxyl groups is 1. The maximum atomic E-state index is 18.0. The van der Waals surface area contributed by atoms with Crippen LogP contribution in [0.5, 0.6) is 5.75 Å². The first-order chi connectivity index (χ1) is 24.6. The highest BCUT2D eigenvalue weighted by Crippen LogP contribution is 2.85. The summed E-state index contributed by atoms with van der Waals surface area (Å²) < 4.78 is 18.0. The molecular weight excluding hydrogens is 640 g/mol. The minimum atomic E-state index is -3.62. The first-order valence-electron chi connectivity index (χ1n) is 19.5. The lowest BCUT2D eigenvalue weighted by Gasteiger charge is -2.67. The molecule has 0 heterocycles. The molecule has 2 nitrogen and oxygen atoms in total. The molecule has 1 aromatic rings. The van der Waals surface area contributed by atoms with Crippen LogP contribution in [0.4, 0.5) is 0 Å². The predicted molar refractivity (Wildman–Crippen MR) is 205 cm³/mol. The Bertz CT molecular complexity index is 2140. The van der Waals surface area contributed by atoms with Crippen LogP contribution in [0.25, 0.3) is 0 Å². The van der Waals surface area contributed by atoms with Gasteiger partial charge in [-0.3, -0.25) is 0 Å². The summed E-state index contributed by atoms with van der Waals surface area (Å²) in [5.41, 5.74) is 28.8. The Hall–Kier alpha value is -3.63. The molecule has 1 N–H and O–H groups in total. The van der Waals surface area contributed by atoms with Crippen molar-refractivity contribution in [2.45, 2.75) is 92.8 Å². The number of hydrogen-bond donors (Lipinski definition) is 1. The third-order valence-corrected chi connectivity index (χ3v) is 21.1. The number of hydrogen-bond acceptors (Lipinski definition) is 2. The van der Waals surface area contributed by atoms with Crippen LogP contribution in [0.2, 0.25) is 0 Å². The first-order valence-corrected chi connectivity index (χ1v) is 21.2. The predicted octanol–water partition coefficient (Wildman–Crippen LogP) is 10.7. The molecule has 13 rings (SSSR count). The van der Waals surface area contributed by atoms with Crippen molar-refractivity contribution in [3.05, 3.63) is 131 Å². The van der Waals surface area contributed by atoms with Crippen LogP contribution in [0, 0.1) is 53.3 Å². The summed E-state index contributed by atoms with van der Waals surface area (Å²) in [5, 5.41) is 11.8. The Morgan fingerprint density at radius 3 is 1.49 bits per heavy atom. The van der Waals surface area contributed by atoms with Gasteiger partial charge in [-0.25, -0.2) is 0 Å². The Kier molecular flexibility index (Phi) is 6.60. The molecule has 12 bridgehead atoms. The average molecular weight is 689 g/mol. The molecule has 0 saturated heterocycles. The second-order valence-electron chi connectivity index (χ2n) is 18.1. The Balaban J connectivity index is 1.26. The maximum Gasteiger partial charge on any atom is 0.140 e. The third kappa shape index (κ3) is 3.59. The van der Waals surface area contributed by atoms with Gasteiger partial charge in [-0.2, -0.15) is 0 Å². The lowest BCUT2D eigenvalue weighted by Crippen LogP contribution is -2.62. The molecule has 12 saturated carbocycles. The second-order valence-corrected chi connectivity index (χ2v) is 21.5. The normalized spacial score (nSPS) is 44.4. The molecule has 12 atom stereocenters. The standard InChI is InChI=1S/C48H49O2P/c1-7-35-31-15-28-18-38(35)41(10-4)46(22-28,25-31)34-13-14-44(49)45(21-34)51(50,47-23-29-16-32(26-47)36(8-2)39(19-29)42(47)11-5)48-24-30-17-33(27-48)37(9-3)40(20-30)43(48)12-6/h13-14,21,28-33,38-40,49H,1-6,15-20,22-27H2. The molecule has 3 heteroatoms. The average Bonchev–Trinajstić information content (AvgIpc) is 3.11. The van der Waals surface area contributed by atoms with Crippen molar-refractivity contribution < 1.29 is 9.67 Å². The number of rotatable bonds is 4. The molecule has 0 amide bonds. The van der Waals surface area contributed by atoms with Gasteiger partial charge in [-0.1, -0.05) is 45.5 Å². The number of benzene rings is 1. The smallest absolute Gasteiger partial charge is 0.140 e. The van der Waals surface area contributed by atoms with E-state index in [4.69, 9.17) is 0 Å². The topological polar surface area (TPSA) is 37.3 Å². The third-order valence-electron chi connectivity index (χ3n) is 16.5. The fourth-order valence-electron chi connectivity index (χ4n) is 15.4. The first kappa shape index (κ1) is 32.1. The van der Waals surface area contributed by atoms with Gasteiger partial charge in [0, 0.05) is 23.2 Å². The zero-order valence-electron chi connectivity index (χ0n) is 30.0. The molecule has 12 fully saturated rings. The van der Waals surface area contributed by atoms with Gasteiger partial charge in [0.15, 0.2) is 0 Å². The zero-order valence-corrected chi connectivity index (χ0v) is 30.9. The van der Waals surface area contributed by atoms with E-state index in [0.717, 1.165) is 81.8 Å². The SMILES string of the molecule is C=C=C1C2CC3CC1C(=C=C)C(c1ccc(O)c(P(=O)(C45CC6CC(C4)C(=C=C)C(C6)C5=C=C)C45CC6CC(C4)C(=C=C)C(C6)C5=C=C)c1)(C3)C2. The van der Waals surface area contributed by atoms with E-state index in [1.54, 1.807) is 0 Å². The van der Waals surface area contributed by atoms with E-state index in [1.807, 2.05) is 6.07 Å². The van der Waals surface area contributed by atoms with Gasteiger partial charge in [-0.15, -0.1) is 34.4 Å². The fraction of sp³-hybridized carbons (Fsp3) is 0.500. The maximum absolute atomic E-state index is 18.0. The molecule has 0 radical (unpaired) electrons. The van der Waals surface area contributed by atoms with Gasteiger partial charge in [-0.05, 0) is 164 Å². The van der Waals surface area contributed by atoms with Gasteiger partial charge in [0.1, 0.15) is 12.9 Å². The van der Waals surface area contributed by atoms with E-state index in [1.165, 1.54) is 34.3 Å². The summed E-state index contributed by atoms with van der Waals surface area (Å²) in [6, 6.07) is 6.27. The van der Waals surface area contributed by atoms with E-state index < -0.39 is 17.5 Å². The van der Waals surface area contributed by atoms with Crippen molar-refractivity contribution in [1.82, 2.24) is 0 Å². The minimum Gasteiger partial charge on any atom is -0.507 e. The highest BCUT2D eigenvalue weighted by molar-refractivity contribution is 7.75. The second kappa shape index (κ2) is 10.5. The minimum absolute atomic E-state index is 0.112.